The van der Waals surface area contributed by atoms with Crippen molar-refractivity contribution in [3.05, 3.63) is 66.0 Å². The molecule has 3 heterocycles. The van der Waals surface area contributed by atoms with Crippen LogP contribution in [0.2, 0.25) is 0 Å². The summed E-state index contributed by atoms with van der Waals surface area (Å²) >= 11 is 0. The minimum absolute atomic E-state index is 0.117. The molecule has 0 fully saturated rings. The second-order valence-corrected chi connectivity index (χ2v) is 6.14. The van der Waals surface area contributed by atoms with Gasteiger partial charge < -0.3 is 11.1 Å². The summed E-state index contributed by atoms with van der Waals surface area (Å²) in [5.41, 5.74) is 8.86. The molecule has 0 amide bonds. The first-order chi connectivity index (χ1) is 14.2. The van der Waals surface area contributed by atoms with Gasteiger partial charge in [-0.2, -0.15) is 5.26 Å². The van der Waals surface area contributed by atoms with Gasteiger partial charge in [-0.05, 0) is 24.3 Å². The first kappa shape index (κ1) is 18.2. The van der Waals surface area contributed by atoms with E-state index >= 15 is 0 Å². The topological polar surface area (TPSA) is 126 Å². The van der Waals surface area contributed by atoms with E-state index in [1.165, 1.54) is 18.5 Å². The Morgan fingerprint density at radius 1 is 1.07 bits per heavy atom. The van der Waals surface area contributed by atoms with Crippen LogP contribution in [0.15, 0.2) is 48.9 Å². The van der Waals surface area contributed by atoms with E-state index in [1.807, 2.05) is 24.3 Å². The fourth-order valence-corrected chi connectivity index (χ4v) is 2.89. The molecule has 9 heteroatoms. The van der Waals surface area contributed by atoms with Gasteiger partial charge in [0.1, 0.15) is 41.1 Å². The quantitative estimate of drug-likeness (QED) is 0.536. The van der Waals surface area contributed by atoms with Gasteiger partial charge in [0.15, 0.2) is 0 Å². The lowest BCUT2D eigenvalue weighted by atomic mass is 10.1. The highest BCUT2D eigenvalue weighted by molar-refractivity contribution is 5.77. The van der Waals surface area contributed by atoms with Gasteiger partial charge >= 0.3 is 0 Å². The number of nitrogens with two attached hydrogens (primary N) is 1. The van der Waals surface area contributed by atoms with Gasteiger partial charge in [-0.1, -0.05) is 6.07 Å². The van der Waals surface area contributed by atoms with Crippen LogP contribution in [-0.2, 0) is 6.42 Å². The minimum Gasteiger partial charge on any atom is -0.382 e. The lowest BCUT2D eigenvalue weighted by Crippen LogP contribution is -2.12. The zero-order valence-electron chi connectivity index (χ0n) is 15.2. The Bertz CT molecular complexity index is 1220. The largest absolute Gasteiger partial charge is 0.382 e. The van der Waals surface area contributed by atoms with Gasteiger partial charge in [0, 0.05) is 25.2 Å². The van der Waals surface area contributed by atoms with Crippen molar-refractivity contribution in [2.24, 2.45) is 0 Å². The van der Waals surface area contributed by atoms with Gasteiger partial charge in [0.05, 0.1) is 22.4 Å². The van der Waals surface area contributed by atoms with Crippen LogP contribution in [-0.4, -0.2) is 31.5 Å². The molecular formula is C20H15FN8. The summed E-state index contributed by atoms with van der Waals surface area (Å²) in [6.07, 6.45) is 3.43. The predicted octanol–water partition coefficient (Wildman–Crippen LogP) is 2.73. The van der Waals surface area contributed by atoms with E-state index in [4.69, 9.17) is 5.73 Å². The number of halogens is 1. The second kappa shape index (κ2) is 7.82. The maximum atomic E-state index is 13.6. The average Bonchev–Trinajstić information content (AvgIpc) is 2.74. The summed E-state index contributed by atoms with van der Waals surface area (Å²) < 4.78 is 13.6. The molecule has 8 nitrogen and oxygen atoms in total. The minimum atomic E-state index is -0.376. The van der Waals surface area contributed by atoms with E-state index in [9.17, 15) is 9.65 Å². The first-order valence-corrected chi connectivity index (χ1v) is 8.77. The summed E-state index contributed by atoms with van der Waals surface area (Å²) in [7, 11) is 0. The number of nitrogen functional groups attached to an aromatic ring is 1. The molecule has 0 radical (unpaired) electrons. The zero-order chi connectivity index (χ0) is 20.2. The number of hydrogen-bond acceptors (Lipinski definition) is 8. The molecule has 0 aliphatic rings. The average molecular weight is 386 g/mol. The molecule has 0 atom stereocenters. The molecule has 3 N–H and O–H groups in total. The molecule has 0 spiro atoms. The van der Waals surface area contributed by atoms with Crippen molar-refractivity contribution in [3.8, 4) is 17.5 Å². The van der Waals surface area contributed by atoms with E-state index in [0.29, 0.717) is 46.9 Å². The van der Waals surface area contributed by atoms with Gasteiger partial charge in [-0.25, -0.2) is 24.3 Å². The Labute approximate surface area is 165 Å². The molecule has 0 aliphatic carbocycles. The second-order valence-electron chi connectivity index (χ2n) is 6.14. The lowest BCUT2D eigenvalue weighted by molar-refractivity contribution is 0.629. The maximum absolute atomic E-state index is 13.6. The molecule has 0 saturated carbocycles. The number of aromatic nitrogens is 5. The Balaban J connectivity index is 1.67. The van der Waals surface area contributed by atoms with Crippen LogP contribution in [0.4, 0.5) is 16.0 Å². The Kier molecular flexibility index (Phi) is 4.90. The highest BCUT2D eigenvalue weighted by Gasteiger charge is 2.14. The highest BCUT2D eigenvalue weighted by atomic mass is 19.1. The summed E-state index contributed by atoms with van der Waals surface area (Å²) in [4.78, 5) is 21.5. The number of nitriles is 1. The molecule has 0 unspecified atom stereocenters. The summed E-state index contributed by atoms with van der Waals surface area (Å²) in [5, 5.41) is 12.3. The monoisotopic (exact) mass is 386 g/mol. The van der Waals surface area contributed by atoms with E-state index in [0.717, 1.165) is 0 Å². The van der Waals surface area contributed by atoms with Crippen molar-refractivity contribution in [2.75, 3.05) is 17.6 Å². The third kappa shape index (κ3) is 3.77. The first-order valence-electron chi connectivity index (χ1n) is 8.77. The smallest absolute Gasteiger partial charge is 0.149 e. The summed E-state index contributed by atoms with van der Waals surface area (Å²) in [5.74, 6) is 0.0977. The van der Waals surface area contributed by atoms with Gasteiger partial charge in [0.2, 0.25) is 0 Å². The summed E-state index contributed by atoms with van der Waals surface area (Å²) in [6.45, 7) is 0.423. The van der Waals surface area contributed by atoms with Crippen molar-refractivity contribution in [3.63, 3.8) is 0 Å². The van der Waals surface area contributed by atoms with Crippen molar-refractivity contribution in [1.82, 2.24) is 24.9 Å². The molecule has 4 rings (SSSR count). The molecule has 0 bridgehead atoms. The van der Waals surface area contributed by atoms with Crippen LogP contribution in [0.5, 0.6) is 0 Å². The number of anilines is 2. The highest BCUT2D eigenvalue weighted by Crippen LogP contribution is 2.23. The van der Waals surface area contributed by atoms with Crippen LogP contribution in [0.1, 0.15) is 11.3 Å². The molecular weight excluding hydrogens is 371 g/mol. The van der Waals surface area contributed by atoms with Gasteiger partial charge in [-0.15, -0.1) is 0 Å². The number of rotatable bonds is 5. The fraction of sp³-hybridized carbons (Fsp3) is 0.100. The van der Waals surface area contributed by atoms with E-state index in [-0.39, 0.29) is 17.2 Å². The van der Waals surface area contributed by atoms with Crippen LogP contribution in [0.25, 0.3) is 22.4 Å². The Morgan fingerprint density at radius 2 is 1.97 bits per heavy atom. The number of hydrogen-bond donors (Lipinski definition) is 2. The number of nitrogens with zero attached hydrogens (tertiary/aromatic N) is 6. The number of benzene rings is 1. The van der Waals surface area contributed by atoms with Crippen molar-refractivity contribution in [1.29, 1.82) is 5.26 Å². The van der Waals surface area contributed by atoms with Crippen molar-refractivity contribution >= 4 is 22.7 Å². The third-order valence-electron chi connectivity index (χ3n) is 4.25. The zero-order valence-corrected chi connectivity index (χ0v) is 15.2. The van der Waals surface area contributed by atoms with Gasteiger partial charge in [0.25, 0.3) is 0 Å². The molecule has 29 heavy (non-hydrogen) atoms. The number of pyridine rings is 1. The molecule has 1 aromatic carbocycles. The Morgan fingerprint density at radius 3 is 2.76 bits per heavy atom. The van der Waals surface area contributed by atoms with E-state index < -0.39 is 0 Å². The van der Waals surface area contributed by atoms with Crippen LogP contribution in [0.3, 0.4) is 0 Å². The standard InChI is InChI=1S/C20H15FN8/c21-12-4-5-14-17(9-12)29-18(15-3-1-2-7-24-15)16(28-14)6-8-25-20-13(10-22)19(23)26-11-27-20/h1-5,7,9,11H,6,8H2,(H3,23,25,26,27). The van der Waals surface area contributed by atoms with Crippen LogP contribution >= 0.6 is 0 Å². The molecule has 4 aromatic rings. The SMILES string of the molecule is N#Cc1c(N)ncnc1NCCc1nc2ccc(F)cc2nc1-c1ccccn1. The predicted molar refractivity (Wildman–Crippen MR) is 106 cm³/mol. The van der Waals surface area contributed by atoms with E-state index in [1.54, 1.807) is 12.3 Å². The third-order valence-corrected chi connectivity index (χ3v) is 4.25. The summed E-state index contributed by atoms with van der Waals surface area (Å²) in [6, 6.07) is 11.8. The normalized spacial score (nSPS) is 10.6. The fourth-order valence-electron chi connectivity index (χ4n) is 2.89. The molecule has 142 valence electrons. The Hall–Kier alpha value is -4.19. The van der Waals surface area contributed by atoms with Crippen molar-refractivity contribution < 1.29 is 4.39 Å². The molecule has 0 saturated heterocycles. The van der Waals surface area contributed by atoms with Crippen LogP contribution < -0.4 is 11.1 Å². The number of nitrogens with one attached hydrogen (secondary N) is 1. The maximum Gasteiger partial charge on any atom is 0.149 e. The lowest BCUT2D eigenvalue weighted by Gasteiger charge is -2.11. The molecule has 3 aromatic heterocycles. The molecule has 0 aliphatic heterocycles. The van der Waals surface area contributed by atoms with E-state index in [2.05, 4.69) is 30.2 Å². The number of fused-ring (bicyclic) bond motifs is 1. The van der Waals surface area contributed by atoms with Gasteiger partial charge in [-0.3, -0.25) is 4.98 Å². The van der Waals surface area contributed by atoms with Crippen LogP contribution in [0, 0.1) is 17.1 Å². The van der Waals surface area contributed by atoms with Crippen molar-refractivity contribution in [2.45, 2.75) is 6.42 Å².